The van der Waals surface area contributed by atoms with Crippen molar-refractivity contribution in [2.24, 2.45) is 0 Å². The van der Waals surface area contributed by atoms with E-state index in [1.54, 1.807) is 0 Å². The van der Waals surface area contributed by atoms with Crippen LogP contribution in [-0.2, 0) is 18.6 Å². The van der Waals surface area contributed by atoms with Gasteiger partial charge in [0.15, 0.2) is 0 Å². The topological polar surface area (TPSA) is 0 Å². The van der Waals surface area contributed by atoms with Crippen molar-refractivity contribution in [2.45, 2.75) is 46.0 Å². The Morgan fingerprint density at radius 2 is 1.12 bits per heavy atom. The van der Waals surface area contributed by atoms with E-state index in [-0.39, 0.29) is 18.6 Å². The van der Waals surface area contributed by atoms with Crippen LogP contribution in [0.2, 0.25) is 0 Å². The second kappa shape index (κ2) is 10.5. The summed E-state index contributed by atoms with van der Waals surface area (Å²) < 4.78 is 0. The molecule has 0 rings (SSSR count). The molecule has 0 atom stereocenters. The van der Waals surface area contributed by atoms with Crippen molar-refractivity contribution in [1.82, 2.24) is 0 Å². The van der Waals surface area contributed by atoms with Crippen molar-refractivity contribution in [3.8, 4) is 0 Å². The van der Waals surface area contributed by atoms with Gasteiger partial charge in [-0.05, 0) is 0 Å². The molecule has 0 unspecified atom stereocenters. The molecule has 0 saturated heterocycles. The van der Waals surface area contributed by atoms with Crippen molar-refractivity contribution < 1.29 is 18.6 Å². The van der Waals surface area contributed by atoms with Crippen LogP contribution in [0.4, 0.5) is 0 Å². The second-order valence-electron chi connectivity index (χ2n) is 2.06. The Morgan fingerprint density at radius 3 is 1.38 bits per heavy atom. The molecule has 0 nitrogen and oxygen atoms in total. The Balaban J connectivity index is 0. The van der Waals surface area contributed by atoms with E-state index in [9.17, 15) is 0 Å². The van der Waals surface area contributed by atoms with Crippen LogP contribution in [0.5, 0.6) is 0 Å². The molecule has 1 heteroatoms. The Morgan fingerprint density at radius 1 is 0.750 bits per heavy atom. The van der Waals surface area contributed by atoms with E-state index in [2.05, 4.69) is 13.8 Å². The van der Waals surface area contributed by atoms with Crippen LogP contribution in [0.1, 0.15) is 46.0 Å². The molecule has 0 aromatic heterocycles. The molecule has 0 heterocycles. The predicted octanol–water partition coefficient (Wildman–Crippen LogP) is 2.97. The minimum Gasteiger partial charge on any atom is -0.0654 e. The zero-order valence-corrected chi connectivity index (χ0v) is 7.38. The maximum absolute atomic E-state index is 2.25. The minimum absolute atomic E-state index is 0. The van der Waals surface area contributed by atoms with Crippen molar-refractivity contribution in [3.63, 3.8) is 0 Å². The first kappa shape index (κ1) is 11.4. The third-order valence-electron chi connectivity index (χ3n) is 1.21. The maximum Gasteiger partial charge on any atom is 0 e. The summed E-state index contributed by atoms with van der Waals surface area (Å²) in [6.45, 7) is 4.49. The van der Waals surface area contributed by atoms with E-state index in [0.29, 0.717) is 0 Å². The van der Waals surface area contributed by atoms with Gasteiger partial charge in [0, 0.05) is 18.6 Å². The molecule has 0 bridgehead atoms. The predicted molar refractivity (Wildman–Crippen MR) is 34.4 cm³/mol. The Bertz CT molecular complexity index is 23.6. The zero-order valence-electron chi connectivity index (χ0n) is 5.98. The van der Waals surface area contributed by atoms with Gasteiger partial charge in [-0.15, -0.1) is 0 Å². The molecule has 0 spiro atoms. The smallest absolute Gasteiger partial charge is 0 e. The average molecular weight is 151 g/mol. The molecule has 0 saturated carbocycles. The molecule has 49 valence electrons. The van der Waals surface area contributed by atoms with Crippen LogP contribution in [0.25, 0.3) is 0 Å². The molecule has 0 aliphatic heterocycles. The first-order valence-electron chi connectivity index (χ1n) is 3.41. The van der Waals surface area contributed by atoms with Gasteiger partial charge in [-0.25, -0.2) is 0 Å². The van der Waals surface area contributed by atoms with Crippen LogP contribution >= 0.6 is 0 Å². The van der Waals surface area contributed by atoms with Crippen LogP contribution in [0, 0.1) is 0 Å². The van der Waals surface area contributed by atoms with E-state index >= 15 is 0 Å². The number of unbranched alkanes of at least 4 members (excludes halogenated alkanes) is 4. The molecular weight excluding hydrogens is 135 g/mol. The van der Waals surface area contributed by atoms with Gasteiger partial charge in [-0.2, -0.15) is 0 Å². The fraction of sp³-hybridized carbons (Fsp3) is 1.00. The van der Waals surface area contributed by atoms with Crippen LogP contribution in [0.15, 0.2) is 0 Å². The first-order valence-corrected chi connectivity index (χ1v) is 3.41. The summed E-state index contributed by atoms with van der Waals surface area (Å²) in [6.07, 6.45) is 7.01. The molecule has 0 aliphatic carbocycles. The standard InChI is InChI=1S/C7H16.V/c1-3-5-7-6-4-2;/h3-7H2,1-2H3;. The number of hydrogen-bond acceptors (Lipinski definition) is 0. The minimum atomic E-state index is 0. The fourth-order valence-corrected chi connectivity index (χ4v) is 0.677. The van der Waals surface area contributed by atoms with Gasteiger partial charge in [-0.3, -0.25) is 0 Å². The maximum atomic E-state index is 2.25. The van der Waals surface area contributed by atoms with Gasteiger partial charge < -0.3 is 0 Å². The average Bonchev–Trinajstić information content (AvgIpc) is 1.69. The molecule has 0 aromatic rings. The summed E-state index contributed by atoms with van der Waals surface area (Å²) in [4.78, 5) is 0. The molecule has 8 heavy (non-hydrogen) atoms. The molecule has 1 radical (unpaired) electrons. The van der Waals surface area contributed by atoms with E-state index in [1.165, 1.54) is 32.1 Å². The number of rotatable bonds is 4. The normalized spacial score (nSPS) is 8.25. The van der Waals surface area contributed by atoms with Crippen LogP contribution in [0.3, 0.4) is 0 Å². The quantitative estimate of drug-likeness (QED) is 0.542. The van der Waals surface area contributed by atoms with E-state index in [1.807, 2.05) is 0 Å². The van der Waals surface area contributed by atoms with Gasteiger partial charge in [-0.1, -0.05) is 46.0 Å². The summed E-state index contributed by atoms with van der Waals surface area (Å²) in [7, 11) is 0. The Labute approximate surface area is 64.9 Å². The van der Waals surface area contributed by atoms with E-state index in [0.717, 1.165) is 0 Å². The zero-order chi connectivity index (χ0) is 5.54. The van der Waals surface area contributed by atoms with Gasteiger partial charge in [0.2, 0.25) is 0 Å². The first-order chi connectivity index (χ1) is 3.41. The molecule has 0 amide bonds. The van der Waals surface area contributed by atoms with E-state index in [4.69, 9.17) is 0 Å². The van der Waals surface area contributed by atoms with Gasteiger partial charge in [0.1, 0.15) is 0 Å². The SMILES string of the molecule is CCCCCCC.[V]. The van der Waals surface area contributed by atoms with Gasteiger partial charge in [0.25, 0.3) is 0 Å². The molecular formula is C7H16V. The summed E-state index contributed by atoms with van der Waals surface area (Å²) >= 11 is 0. The largest absolute Gasteiger partial charge is 0.0654 e. The summed E-state index contributed by atoms with van der Waals surface area (Å²) in [5, 5.41) is 0. The van der Waals surface area contributed by atoms with Gasteiger partial charge >= 0.3 is 0 Å². The Kier molecular flexibility index (Phi) is 15.0. The Hall–Kier alpha value is 0.584. The third kappa shape index (κ3) is 9.77. The van der Waals surface area contributed by atoms with Crippen molar-refractivity contribution in [3.05, 3.63) is 0 Å². The summed E-state index contributed by atoms with van der Waals surface area (Å²) in [6, 6.07) is 0. The van der Waals surface area contributed by atoms with Crippen molar-refractivity contribution in [1.29, 1.82) is 0 Å². The molecule has 0 N–H and O–H groups in total. The third-order valence-corrected chi connectivity index (χ3v) is 1.21. The molecule has 0 fully saturated rings. The molecule has 0 aromatic carbocycles. The number of hydrogen-bond donors (Lipinski definition) is 0. The molecule has 0 aliphatic rings. The monoisotopic (exact) mass is 151 g/mol. The van der Waals surface area contributed by atoms with Crippen molar-refractivity contribution >= 4 is 0 Å². The fourth-order valence-electron chi connectivity index (χ4n) is 0.677. The van der Waals surface area contributed by atoms with Crippen LogP contribution < -0.4 is 0 Å². The van der Waals surface area contributed by atoms with Crippen LogP contribution in [-0.4, -0.2) is 0 Å². The van der Waals surface area contributed by atoms with Gasteiger partial charge in [0.05, 0.1) is 0 Å². The second-order valence-corrected chi connectivity index (χ2v) is 2.06. The summed E-state index contributed by atoms with van der Waals surface area (Å²) in [5.74, 6) is 0. The van der Waals surface area contributed by atoms with E-state index < -0.39 is 0 Å². The van der Waals surface area contributed by atoms with Crippen molar-refractivity contribution in [2.75, 3.05) is 0 Å². The summed E-state index contributed by atoms with van der Waals surface area (Å²) in [5.41, 5.74) is 0.